The van der Waals surface area contributed by atoms with Gasteiger partial charge in [-0.1, -0.05) is 56.3 Å². The normalized spacial score (nSPS) is 10.8. The molecule has 0 aliphatic carbocycles. The SMILES string of the molecule is CC(C)CNC(=O)Cc1cccc2ccccc12. The standard InChI is InChI=1S/C16H19NO/c1-12(2)11-17-16(18)10-14-8-5-7-13-6-3-4-9-15(13)14/h3-9,12H,10-11H2,1-2H3,(H,17,18). The van der Waals surface area contributed by atoms with E-state index in [2.05, 4.69) is 37.4 Å². The van der Waals surface area contributed by atoms with Crippen molar-refractivity contribution in [2.75, 3.05) is 6.54 Å². The largest absolute Gasteiger partial charge is 0.356 e. The lowest BCUT2D eigenvalue weighted by Crippen LogP contribution is -2.28. The number of benzene rings is 2. The zero-order valence-electron chi connectivity index (χ0n) is 10.9. The molecule has 0 spiro atoms. The van der Waals surface area contributed by atoms with Crippen LogP contribution in [0, 0.1) is 5.92 Å². The summed E-state index contributed by atoms with van der Waals surface area (Å²) < 4.78 is 0. The van der Waals surface area contributed by atoms with Gasteiger partial charge in [0, 0.05) is 6.54 Å². The van der Waals surface area contributed by atoms with Crippen LogP contribution in [-0.4, -0.2) is 12.5 Å². The second kappa shape index (κ2) is 5.67. The molecule has 0 fully saturated rings. The maximum atomic E-state index is 11.8. The van der Waals surface area contributed by atoms with E-state index < -0.39 is 0 Å². The molecule has 0 unspecified atom stereocenters. The van der Waals surface area contributed by atoms with Crippen LogP contribution in [0.3, 0.4) is 0 Å². The molecule has 2 nitrogen and oxygen atoms in total. The first-order chi connectivity index (χ1) is 8.66. The van der Waals surface area contributed by atoms with Crippen LogP contribution in [0.1, 0.15) is 19.4 Å². The highest BCUT2D eigenvalue weighted by atomic mass is 16.1. The second-order valence-corrected chi connectivity index (χ2v) is 5.01. The fourth-order valence-corrected chi connectivity index (χ4v) is 2.00. The van der Waals surface area contributed by atoms with E-state index in [4.69, 9.17) is 0 Å². The Morgan fingerprint density at radius 1 is 1.11 bits per heavy atom. The van der Waals surface area contributed by atoms with Gasteiger partial charge in [-0.15, -0.1) is 0 Å². The Bertz CT molecular complexity index is 540. The molecule has 18 heavy (non-hydrogen) atoms. The van der Waals surface area contributed by atoms with Gasteiger partial charge in [-0.2, -0.15) is 0 Å². The van der Waals surface area contributed by atoms with Crippen molar-refractivity contribution in [3.8, 4) is 0 Å². The van der Waals surface area contributed by atoms with Crippen molar-refractivity contribution in [1.29, 1.82) is 0 Å². The fourth-order valence-electron chi connectivity index (χ4n) is 2.00. The predicted molar refractivity (Wildman–Crippen MR) is 75.5 cm³/mol. The first-order valence-corrected chi connectivity index (χ1v) is 6.40. The van der Waals surface area contributed by atoms with Crippen molar-refractivity contribution >= 4 is 16.7 Å². The highest BCUT2D eigenvalue weighted by Gasteiger charge is 2.06. The number of carbonyl (C=O) groups excluding carboxylic acids is 1. The molecule has 0 radical (unpaired) electrons. The first kappa shape index (κ1) is 12.6. The Balaban J connectivity index is 2.14. The van der Waals surface area contributed by atoms with E-state index in [-0.39, 0.29) is 5.91 Å². The topological polar surface area (TPSA) is 29.1 Å². The molecule has 2 aromatic carbocycles. The average molecular weight is 241 g/mol. The number of hydrogen-bond acceptors (Lipinski definition) is 1. The third kappa shape index (κ3) is 3.10. The minimum atomic E-state index is 0.0973. The summed E-state index contributed by atoms with van der Waals surface area (Å²) in [6, 6.07) is 14.3. The van der Waals surface area contributed by atoms with E-state index in [9.17, 15) is 4.79 Å². The molecule has 94 valence electrons. The molecule has 1 N–H and O–H groups in total. The number of fused-ring (bicyclic) bond motifs is 1. The van der Waals surface area contributed by atoms with Gasteiger partial charge in [0.1, 0.15) is 0 Å². The van der Waals surface area contributed by atoms with Crippen LogP contribution in [0.5, 0.6) is 0 Å². The van der Waals surface area contributed by atoms with Gasteiger partial charge < -0.3 is 5.32 Å². The fraction of sp³-hybridized carbons (Fsp3) is 0.312. The Labute approximate surface area is 108 Å². The summed E-state index contributed by atoms with van der Waals surface area (Å²) >= 11 is 0. The Morgan fingerprint density at radius 3 is 2.61 bits per heavy atom. The quantitative estimate of drug-likeness (QED) is 0.875. The van der Waals surface area contributed by atoms with Crippen LogP contribution in [0.25, 0.3) is 10.8 Å². The van der Waals surface area contributed by atoms with Crippen molar-refractivity contribution in [2.24, 2.45) is 5.92 Å². The summed E-state index contributed by atoms with van der Waals surface area (Å²) in [5.41, 5.74) is 1.09. The van der Waals surface area contributed by atoms with Crippen LogP contribution < -0.4 is 5.32 Å². The predicted octanol–water partition coefficient (Wildman–Crippen LogP) is 3.15. The molecule has 1 amide bonds. The first-order valence-electron chi connectivity index (χ1n) is 6.40. The number of amides is 1. The van der Waals surface area contributed by atoms with Gasteiger partial charge in [0.05, 0.1) is 6.42 Å². The molecule has 0 saturated heterocycles. The number of carbonyl (C=O) groups is 1. The van der Waals surface area contributed by atoms with Crippen LogP contribution in [0.15, 0.2) is 42.5 Å². The van der Waals surface area contributed by atoms with Crippen LogP contribution in [0.2, 0.25) is 0 Å². The zero-order valence-corrected chi connectivity index (χ0v) is 10.9. The lowest BCUT2D eigenvalue weighted by Gasteiger charge is -2.09. The van der Waals surface area contributed by atoms with Crippen molar-refractivity contribution in [2.45, 2.75) is 20.3 Å². The third-order valence-electron chi connectivity index (χ3n) is 2.94. The summed E-state index contributed by atoms with van der Waals surface area (Å²) in [6.07, 6.45) is 0.452. The molecule has 0 aromatic heterocycles. The van der Waals surface area contributed by atoms with E-state index in [1.807, 2.05) is 24.3 Å². The monoisotopic (exact) mass is 241 g/mol. The molecule has 2 aromatic rings. The smallest absolute Gasteiger partial charge is 0.224 e. The van der Waals surface area contributed by atoms with Gasteiger partial charge in [-0.3, -0.25) is 4.79 Å². The van der Waals surface area contributed by atoms with Gasteiger partial charge in [0.25, 0.3) is 0 Å². The Hall–Kier alpha value is -1.83. The lowest BCUT2D eigenvalue weighted by molar-refractivity contribution is -0.120. The van der Waals surface area contributed by atoms with Crippen LogP contribution >= 0.6 is 0 Å². The van der Waals surface area contributed by atoms with Gasteiger partial charge in [-0.05, 0) is 22.3 Å². The Morgan fingerprint density at radius 2 is 1.83 bits per heavy atom. The van der Waals surface area contributed by atoms with Crippen molar-refractivity contribution in [3.63, 3.8) is 0 Å². The van der Waals surface area contributed by atoms with Crippen LogP contribution in [-0.2, 0) is 11.2 Å². The Kier molecular flexibility index (Phi) is 3.98. The molecule has 0 aliphatic rings. The third-order valence-corrected chi connectivity index (χ3v) is 2.94. The van der Waals surface area contributed by atoms with Gasteiger partial charge in [0.15, 0.2) is 0 Å². The van der Waals surface area contributed by atoms with Gasteiger partial charge >= 0.3 is 0 Å². The molecular weight excluding hydrogens is 222 g/mol. The summed E-state index contributed by atoms with van der Waals surface area (Å²) in [6.45, 7) is 4.93. The van der Waals surface area contributed by atoms with Crippen LogP contribution in [0.4, 0.5) is 0 Å². The zero-order chi connectivity index (χ0) is 13.0. The average Bonchev–Trinajstić information content (AvgIpc) is 2.37. The molecule has 2 rings (SSSR count). The molecular formula is C16H19NO. The lowest BCUT2D eigenvalue weighted by atomic mass is 10.0. The van der Waals surface area contributed by atoms with E-state index in [1.54, 1.807) is 0 Å². The summed E-state index contributed by atoms with van der Waals surface area (Å²) in [5, 5.41) is 5.31. The summed E-state index contributed by atoms with van der Waals surface area (Å²) in [5.74, 6) is 0.585. The maximum Gasteiger partial charge on any atom is 0.224 e. The summed E-state index contributed by atoms with van der Waals surface area (Å²) in [7, 11) is 0. The van der Waals surface area contributed by atoms with Gasteiger partial charge in [-0.25, -0.2) is 0 Å². The molecule has 0 atom stereocenters. The molecule has 2 heteroatoms. The van der Waals surface area contributed by atoms with E-state index in [1.165, 1.54) is 10.8 Å². The van der Waals surface area contributed by atoms with Crippen molar-refractivity contribution in [1.82, 2.24) is 5.32 Å². The highest BCUT2D eigenvalue weighted by molar-refractivity contribution is 5.90. The van der Waals surface area contributed by atoms with Crippen molar-refractivity contribution < 1.29 is 4.79 Å². The number of nitrogens with one attached hydrogen (secondary N) is 1. The summed E-state index contributed by atoms with van der Waals surface area (Å²) in [4.78, 5) is 11.8. The maximum absolute atomic E-state index is 11.8. The van der Waals surface area contributed by atoms with Gasteiger partial charge in [0.2, 0.25) is 5.91 Å². The minimum absolute atomic E-state index is 0.0973. The van der Waals surface area contributed by atoms with Crippen molar-refractivity contribution in [3.05, 3.63) is 48.0 Å². The molecule has 0 saturated carbocycles. The van der Waals surface area contributed by atoms with E-state index in [0.717, 1.165) is 12.1 Å². The number of hydrogen-bond donors (Lipinski definition) is 1. The number of rotatable bonds is 4. The second-order valence-electron chi connectivity index (χ2n) is 5.01. The van der Waals surface area contributed by atoms with E-state index in [0.29, 0.717) is 12.3 Å². The molecule has 0 bridgehead atoms. The minimum Gasteiger partial charge on any atom is -0.356 e. The molecule has 0 heterocycles. The highest BCUT2D eigenvalue weighted by Crippen LogP contribution is 2.18. The molecule has 0 aliphatic heterocycles. The van der Waals surface area contributed by atoms with E-state index >= 15 is 0 Å².